The molecule has 1 amide bonds. The van der Waals surface area contributed by atoms with Gasteiger partial charge in [0.05, 0.1) is 0 Å². The molecular formula is C16H18N2O4. The van der Waals surface area contributed by atoms with Gasteiger partial charge < -0.3 is 4.74 Å². The fraction of sp³-hybridized carbons (Fsp3) is 0.375. The Morgan fingerprint density at radius 3 is 2.50 bits per heavy atom. The highest BCUT2D eigenvalue weighted by molar-refractivity contribution is 6.37. The summed E-state index contributed by atoms with van der Waals surface area (Å²) in [5.74, 6) is -1.18. The zero-order valence-corrected chi connectivity index (χ0v) is 12.6. The molecule has 0 saturated heterocycles. The number of amides is 1. The molecule has 1 aliphatic heterocycles. The van der Waals surface area contributed by atoms with Crippen LogP contribution in [0, 0.1) is 0 Å². The summed E-state index contributed by atoms with van der Waals surface area (Å²) < 4.78 is 5.13. The smallest absolute Gasteiger partial charge is 0.355 e. The van der Waals surface area contributed by atoms with E-state index in [0.29, 0.717) is 5.56 Å². The van der Waals surface area contributed by atoms with Gasteiger partial charge in [0.1, 0.15) is 5.71 Å². The molecule has 0 fully saturated rings. The number of nitrogens with zero attached hydrogens (tertiary/aromatic N) is 1. The van der Waals surface area contributed by atoms with Crippen LogP contribution in [0.3, 0.4) is 0 Å². The third-order valence-electron chi connectivity index (χ3n) is 3.44. The molecule has 0 saturated carbocycles. The molecule has 1 heterocycles. The number of carbonyl (C=O) groups is 3. The first kappa shape index (κ1) is 15.9. The Bertz CT molecular complexity index is 620. The van der Waals surface area contributed by atoms with E-state index in [1.165, 1.54) is 6.92 Å². The van der Waals surface area contributed by atoms with Gasteiger partial charge in [-0.15, -0.1) is 0 Å². The third kappa shape index (κ3) is 3.78. The van der Waals surface area contributed by atoms with Crippen LogP contribution < -0.4 is 5.43 Å². The lowest BCUT2D eigenvalue weighted by atomic mass is 10.0. The monoisotopic (exact) mass is 302 g/mol. The van der Waals surface area contributed by atoms with Crippen molar-refractivity contribution in [3.05, 3.63) is 35.4 Å². The number of hydrogen-bond acceptors (Lipinski definition) is 5. The van der Waals surface area contributed by atoms with E-state index in [-0.39, 0.29) is 30.2 Å². The first-order chi connectivity index (χ1) is 10.5. The van der Waals surface area contributed by atoms with E-state index in [0.717, 1.165) is 12.0 Å². The van der Waals surface area contributed by atoms with Crippen LogP contribution in [0.25, 0.3) is 0 Å². The predicted octanol–water partition coefficient (Wildman–Crippen LogP) is 1.63. The number of esters is 1. The third-order valence-corrected chi connectivity index (χ3v) is 3.44. The number of Topliss-reactive ketones (excluding diaryl/α,β-unsaturated/α-hetero) is 1. The Morgan fingerprint density at radius 1 is 1.27 bits per heavy atom. The molecule has 6 heteroatoms. The van der Waals surface area contributed by atoms with Gasteiger partial charge >= 0.3 is 5.97 Å². The average Bonchev–Trinajstić information content (AvgIpc) is 2.54. The van der Waals surface area contributed by atoms with Gasteiger partial charge in [-0.05, 0) is 18.9 Å². The van der Waals surface area contributed by atoms with Gasteiger partial charge in [-0.1, -0.05) is 31.2 Å². The largest absolute Gasteiger partial charge is 0.450 e. The zero-order valence-electron chi connectivity index (χ0n) is 12.6. The van der Waals surface area contributed by atoms with Gasteiger partial charge in [0.2, 0.25) is 11.7 Å². The lowest BCUT2D eigenvalue weighted by Crippen LogP contribution is -2.34. The number of benzene rings is 1. The van der Waals surface area contributed by atoms with E-state index in [9.17, 15) is 14.4 Å². The molecule has 1 atom stereocenters. The second kappa shape index (κ2) is 6.98. The minimum atomic E-state index is -0.902. The fourth-order valence-electron chi connectivity index (χ4n) is 2.04. The predicted molar refractivity (Wildman–Crippen MR) is 80.5 cm³/mol. The number of hydrazone groups is 1. The van der Waals surface area contributed by atoms with Crippen LogP contribution in [-0.2, 0) is 20.7 Å². The summed E-state index contributed by atoms with van der Waals surface area (Å²) in [4.78, 5) is 35.1. The molecule has 116 valence electrons. The van der Waals surface area contributed by atoms with Gasteiger partial charge in [0.15, 0.2) is 6.10 Å². The minimum Gasteiger partial charge on any atom is -0.450 e. The highest BCUT2D eigenvalue weighted by atomic mass is 16.5. The zero-order chi connectivity index (χ0) is 16.1. The van der Waals surface area contributed by atoms with Crippen molar-refractivity contribution in [2.45, 2.75) is 39.2 Å². The normalized spacial score (nSPS) is 15.5. The maximum atomic E-state index is 12.2. The molecule has 0 aromatic heterocycles. The highest BCUT2D eigenvalue weighted by Crippen LogP contribution is 2.11. The summed E-state index contributed by atoms with van der Waals surface area (Å²) in [7, 11) is 0. The summed E-state index contributed by atoms with van der Waals surface area (Å²) in [5.41, 5.74) is 3.98. The molecule has 0 unspecified atom stereocenters. The first-order valence-electron chi connectivity index (χ1n) is 7.20. The number of nitrogens with one attached hydrogen (secondary N) is 1. The highest BCUT2D eigenvalue weighted by Gasteiger charge is 2.24. The summed E-state index contributed by atoms with van der Waals surface area (Å²) in [6.07, 6.45) is 0.399. The van der Waals surface area contributed by atoms with Crippen molar-refractivity contribution in [1.29, 1.82) is 0 Å². The SMILES string of the molecule is CCc1ccc(C(=O)[C@@H](C)OC(=O)C2=NNC(=O)CC2)cc1. The molecule has 1 N–H and O–H groups in total. The topological polar surface area (TPSA) is 84.8 Å². The minimum absolute atomic E-state index is 0.126. The van der Waals surface area contributed by atoms with Gasteiger partial charge in [-0.2, -0.15) is 5.10 Å². The molecular weight excluding hydrogens is 284 g/mol. The number of rotatable bonds is 5. The van der Waals surface area contributed by atoms with E-state index in [2.05, 4.69) is 10.5 Å². The number of carbonyl (C=O) groups excluding carboxylic acids is 3. The molecule has 2 rings (SSSR count). The molecule has 1 aromatic rings. The van der Waals surface area contributed by atoms with Crippen LogP contribution in [0.4, 0.5) is 0 Å². The van der Waals surface area contributed by atoms with Crippen molar-refractivity contribution < 1.29 is 19.1 Å². The lowest BCUT2D eigenvalue weighted by molar-refractivity contribution is -0.138. The lowest BCUT2D eigenvalue weighted by Gasteiger charge is -2.15. The number of ether oxygens (including phenoxy) is 1. The summed E-state index contributed by atoms with van der Waals surface area (Å²) >= 11 is 0. The van der Waals surface area contributed by atoms with Crippen LogP contribution in [0.15, 0.2) is 29.4 Å². The number of hydrogen-bond donors (Lipinski definition) is 1. The van der Waals surface area contributed by atoms with E-state index >= 15 is 0 Å². The van der Waals surface area contributed by atoms with Gasteiger partial charge in [-0.25, -0.2) is 10.2 Å². The molecule has 22 heavy (non-hydrogen) atoms. The Balaban J connectivity index is 1.98. The summed E-state index contributed by atoms with van der Waals surface area (Å²) in [6, 6.07) is 7.21. The Morgan fingerprint density at radius 2 is 1.95 bits per heavy atom. The molecule has 1 aromatic carbocycles. The molecule has 1 aliphatic rings. The molecule has 6 nitrogen and oxygen atoms in total. The Hall–Kier alpha value is -2.50. The van der Waals surface area contributed by atoms with E-state index in [4.69, 9.17) is 4.74 Å². The Labute approximate surface area is 128 Å². The standard InChI is InChI=1S/C16H18N2O4/c1-3-11-4-6-12(7-5-11)15(20)10(2)22-16(21)13-8-9-14(19)18-17-13/h4-7,10H,3,8-9H2,1-2H3,(H,18,19)/t10-/m1/s1. The van der Waals surface area contributed by atoms with Crippen LogP contribution in [0.5, 0.6) is 0 Å². The number of ketones is 1. The quantitative estimate of drug-likeness (QED) is 0.661. The van der Waals surface area contributed by atoms with Crippen LogP contribution in [-0.4, -0.2) is 29.5 Å². The molecule has 0 spiro atoms. The second-order valence-corrected chi connectivity index (χ2v) is 5.06. The van der Waals surface area contributed by atoms with Crippen molar-refractivity contribution in [3.8, 4) is 0 Å². The van der Waals surface area contributed by atoms with Gasteiger partial charge in [-0.3, -0.25) is 9.59 Å². The van der Waals surface area contributed by atoms with Crippen molar-refractivity contribution in [1.82, 2.24) is 5.43 Å². The van der Waals surface area contributed by atoms with Crippen molar-refractivity contribution in [3.63, 3.8) is 0 Å². The molecule has 0 aliphatic carbocycles. The van der Waals surface area contributed by atoms with E-state index in [1.54, 1.807) is 12.1 Å². The van der Waals surface area contributed by atoms with Crippen molar-refractivity contribution in [2.24, 2.45) is 5.10 Å². The van der Waals surface area contributed by atoms with Crippen molar-refractivity contribution >= 4 is 23.4 Å². The molecule has 0 bridgehead atoms. The summed E-state index contributed by atoms with van der Waals surface area (Å²) in [6.45, 7) is 3.56. The summed E-state index contributed by atoms with van der Waals surface area (Å²) in [5, 5.41) is 3.65. The van der Waals surface area contributed by atoms with Crippen LogP contribution in [0.2, 0.25) is 0 Å². The van der Waals surface area contributed by atoms with Crippen LogP contribution in [0.1, 0.15) is 42.6 Å². The van der Waals surface area contributed by atoms with Gasteiger partial charge in [0.25, 0.3) is 0 Å². The first-order valence-corrected chi connectivity index (χ1v) is 7.20. The van der Waals surface area contributed by atoms with Crippen molar-refractivity contribution in [2.75, 3.05) is 0 Å². The maximum Gasteiger partial charge on any atom is 0.355 e. The van der Waals surface area contributed by atoms with E-state index in [1.807, 2.05) is 19.1 Å². The second-order valence-electron chi connectivity index (χ2n) is 5.06. The van der Waals surface area contributed by atoms with E-state index < -0.39 is 12.1 Å². The number of aryl methyl sites for hydroxylation is 1. The van der Waals surface area contributed by atoms with Crippen LogP contribution >= 0.6 is 0 Å². The average molecular weight is 302 g/mol. The fourth-order valence-corrected chi connectivity index (χ4v) is 2.04. The van der Waals surface area contributed by atoms with Gasteiger partial charge in [0, 0.05) is 18.4 Å². The maximum absolute atomic E-state index is 12.2. The molecule has 0 radical (unpaired) electrons. The Kier molecular flexibility index (Phi) is 5.04.